The van der Waals surface area contributed by atoms with Crippen molar-refractivity contribution < 1.29 is 4.79 Å². The van der Waals surface area contributed by atoms with Crippen LogP contribution in [0.4, 0.5) is 5.69 Å². The van der Waals surface area contributed by atoms with Crippen LogP contribution in [0.25, 0.3) is 10.1 Å². The van der Waals surface area contributed by atoms with Gasteiger partial charge in [-0.25, -0.2) is 0 Å². The highest BCUT2D eigenvalue weighted by Gasteiger charge is 2.06. The second-order valence-corrected chi connectivity index (χ2v) is 6.33. The number of thiophene rings is 1. The van der Waals surface area contributed by atoms with E-state index in [2.05, 4.69) is 39.4 Å². The Kier molecular flexibility index (Phi) is 3.52. The number of benzene rings is 2. The van der Waals surface area contributed by atoms with Crippen LogP contribution in [0.3, 0.4) is 0 Å². The van der Waals surface area contributed by atoms with Crippen LogP contribution in [0.15, 0.2) is 53.9 Å². The summed E-state index contributed by atoms with van der Waals surface area (Å²) in [4.78, 5) is 12.1. The summed E-state index contributed by atoms with van der Waals surface area (Å²) in [6, 6.07) is 15.5. The minimum absolute atomic E-state index is 0.0778. The number of carbonyl (C=O) groups is 1. The number of fused-ring (bicyclic) bond motifs is 1. The predicted octanol–water partition coefficient (Wildman–Crippen LogP) is 4.76. The number of amides is 1. The van der Waals surface area contributed by atoms with Crippen molar-refractivity contribution in [3.8, 4) is 0 Å². The molecular weight excluding hydrogens is 369 g/mol. The van der Waals surface area contributed by atoms with Gasteiger partial charge in [0.2, 0.25) is 0 Å². The molecule has 0 unspecified atom stereocenters. The second-order valence-electron chi connectivity index (χ2n) is 4.13. The van der Waals surface area contributed by atoms with E-state index in [9.17, 15) is 4.79 Å². The Balaban J connectivity index is 1.83. The zero-order valence-corrected chi connectivity index (χ0v) is 12.9. The summed E-state index contributed by atoms with van der Waals surface area (Å²) in [7, 11) is 0. The number of hydrogen-bond acceptors (Lipinski definition) is 2. The summed E-state index contributed by atoms with van der Waals surface area (Å²) < 4.78 is 2.35. The molecule has 2 nitrogen and oxygen atoms in total. The first-order chi connectivity index (χ1) is 9.22. The largest absolute Gasteiger partial charge is 0.322 e. The lowest BCUT2D eigenvalue weighted by Crippen LogP contribution is -2.11. The van der Waals surface area contributed by atoms with Crippen molar-refractivity contribution in [1.29, 1.82) is 0 Å². The summed E-state index contributed by atoms with van der Waals surface area (Å²) in [5.41, 5.74) is 1.50. The van der Waals surface area contributed by atoms with Crippen LogP contribution >= 0.6 is 33.9 Å². The van der Waals surface area contributed by atoms with Gasteiger partial charge in [-0.2, -0.15) is 0 Å². The van der Waals surface area contributed by atoms with Gasteiger partial charge in [-0.3, -0.25) is 4.79 Å². The molecule has 0 aliphatic carbocycles. The normalized spacial score (nSPS) is 10.6. The summed E-state index contributed by atoms with van der Waals surface area (Å²) in [6.45, 7) is 0. The van der Waals surface area contributed by atoms with Gasteiger partial charge < -0.3 is 5.32 Å². The quantitative estimate of drug-likeness (QED) is 0.640. The lowest BCUT2D eigenvalue weighted by molar-refractivity contribution is 0.102. The van der Waals surface area contributed by atoms with Gasteiger partial charge in [0.05, 0.1) is 0 Å². The Morgan fingerprint density at radius 1 is 1.05 bits per heavy atom. The maximum Gasteiger partial charge on any atom is 0.255 e. The monoisotopic (exact) mass is 379 g/mol. The van der Waals surface area contributed by atoms with E-state index >= 15 is 0 Å². The fourth-order valence-electron chi connectivity index (χ4n) is 1.85. The molecule has 0 spiro atoms. The Morgan fingerprint density at radius 3 is 2.63 bits per heavy atom. The first-order valence-electron chi connectivity index (χ1n) is 5.76. The van der Waals surface area contributed by atoms with Gasteiger partial charge in [0, 0.05) is 19.5 Å². The lowest BCUT2D eigenvalue weighted by atomic mass is 10.2. The van der Waals surface area contributed by atoms with Crippen molar-refractivity contribution in [1.82, 2.24) is 0 Å². The molecule has 4 heteroatoms. The van der Waals surface area contributed by atoms with Crippen LogP contribution in [0.5, 0.6) is 0 Å². The molecular formula is C15H10INOS. The molecule has 3 aromatic rings. The molecule has 94 valence electrons. The molecule has 1 heterocycles. The van der Waals surface area contributed by atoms with E-state index in [0.717, 1.165) is 14.6 Å². The fraction of sp³-hybridized carbons (Fsp3) is 0. The summed E-state index contributed by atoms with van der Waals surface area (Å²) in [5, 5.41) is 6.13. The SMILES string of the molecule is O=C(Nc1ccc2sccc2c1)c1ccc(I)cc1. The Hall–Kier alpha value is -1.40. The van der Waals surface area contributed by atoms with Crippen LogP contribution in [-0.4, -0.2) is 5.91 Å². The molecule has 2 aromatic carbocycles. The zero-order valence-electron chi connectivity index (χ0n) is 9.89. The van der Waals surface area contributed by atoms with E-state index in [0.29, 0.717) is 5.56 Å². The summed E-state index contributed by atoms with van der Waals surface area (Å²) in [5.74, 6) is -0.0778. The molecule has 1 amide bonds. The molecule has 1 N–H and O–H groups in total. The molecule has 0 aliphatic rings. The van der Waals surface area contributed by atoms with Crippen LogP contribution in [-0.2, 0) is 0 Å². The lowest BCUT2D eigenvalue weighted by Gasteiger charge is -2.05. The molecule has 19 heavy (non-hydrogen) atoms. The second kappa shape index (κ2) is 5.30. The highest BCUT2D eigenvalue weighted by molar-refractivity contribution is 14.1. The average Bonchev–Trinajstić information content (AvgIpc) is 2.87. The summed E-state index contributed by atoms with van der Waals surface area (Å²) >= 11 is 3.92. The minimum Gasteiger partial charge on any atom is -0.322 e. The molecule has 0 radical (unpaired) electrons. The number of halogens is 1. The third kappa shape index (κ3) is 2.79. The highest BCUT2D eigenvalue weighted by Crippen LogP contribution is 2.24. The van der Waals surface area contributed by atoms with E-state index in [1.54, 1.807) is 11.3 Å². The van der Waals surface area contributed by atoms with Crippen molar-refractivity contribution in [2.45, 2.75) is 0 Å². The topological polar surface area (TPSA) is 29.1 Å². The molecule has 3 rings (SSSR count). The number of nitrogens with one attached hydrogen (secondary N) is 1. The summed E-state index contributed by atoms with van der Waals surface area (Å²) in [6.07, 6.45) is 0. The number of rotatable bonds is 2. The maximum atomic E-state index is 12.1. The van der Waals surface area contributed by atoms with Gasteiger partial charge in [-0.15, -0.1) is 11.3 Å². The minimum atomic E-state index is -0.0778. The molecule has 1 aromatic heterocycles. The smallest absolute Gasteiger partial charge is 0.255 e. The first kappa shape index (κ1) is 12.6. The Morgan fingerprint density at radius 2 is 1.84 bits per heavy atom. The highest BCUT2D eigenvalue weighted by atomic mass is 127. The molecule has 0 fully saturated rings. The van der Waals surface area contributed by atoms with E-state index in [1.165, 1.54) is 4.70 Å². The van der Waals surface area contributed by atoms with Crippen LogP contribution in [0.2, 0.25) is 0 Å². The zero-order chi connectivity index (χ0) is 13.2. The Labute approximate surface area is 128 Å². The molecule has 0 bridgehead atoms. The van der Waals surface area contributed by atoms with Gasteiger partial charge in [0.15, 0.2) is 0 Å². The standard InChI is InChI=1S/C15H10INOS/c16-12-3-1-10(2-4-12)15(18)17-13-5-6-14-11(9-13)7-8-19-14/h1-9H,(H,17,18). The van der Waals surface area contributed by atoms with Crippen LogP contribution < -0.4 is 5.32 Å². The van der Waals surface area contributed by atoms with Gasteiger partial charge in [0.1, 0.15) is 0 Å². The van der Waals surface area contributed by atoms with E-state index in [1.807, 2.05) is 42.5 Å². The van der Waals surface area contributed by atoms with Crippen LogP contribution in [0, 0.1) is 3.57 Å². The fourth-order valence-corrected chi connectivity index (χ4v) is 2.98. The van der Waals surface area contributed by atoms with Crippen molar-refractivity contribution in [3.63, 3.8) is 0 Å². The van der Waals surface area contributed by atoms with E-state index < -0.39 is 0 Å². The number of carbonyl (C=O) groups excluding carboxylic acids is 1. The van der Waals surface area contributed by atoms with E-state index in [-0.39, 0.29) is 5.91 Å². The van der Waals surface area contributed by atoms with Gasteiger partial charge in [0.25, 0.3) is 5.91 Å². The van der Waals surface area contributed by atoms with Crippen LogP contribution in [0.1, 0.15) is 10.4 Å². The van der Waals surface area contributed by atoms with Crippen molar-refractivity contribution >= 4 is 55.6 Å². The van der Waals surface area contributed by atoms with Gasteiger partial charge in [-0.05, 0) is 81.9 Å². The third-order valence-electron chi connectivity index (χ3n) is 2.82. The molecule has 0 saturated carbocycles. The van der Waals surface area contributed by atoms with Gasteiger partial charge >= 0.3 is 0 Å². The third-order valence-corrected chi connectivity index (χ3v) is 4.43. The van der Waals surface area contributed by atoms with Gasteiger partial charge in [-0.1, -0.05) is 0 Å². The van der Waals surface area contributed by atoms with Crippen molar-refractivity contribution in [3.05, 3.63) is 63.0 Å². The molecule has 0 atom stereocenters. The Bertz CT molecular complexity index is 733. The van der Waals surface area contributed by atoms with E-state index in [4.69, 9.17) is 0 Å². The number of hydrogen-bond donors (Lipinski definition) is 1. The maximum absolute atomic E-state index is 12.1. The predicted molar refractivity (Wildman–Crippen MR) is 88.9 cm³/mol. The number of anilines is 1. The van der Waals surface area contributed by atoms with Crippen molar-refractivity contribution in [2.24, 2.45) is 0 Å². The first-order valence-corrected chi connectivity index (χ1v) is 7.72. The molecule has 0 aliphatic heterocycles. The van der Waals surface area contributed by atoms with Crippen molar-refractivity contribution in [2.75, 3.05) is 5.32 Å². The molecule has 0 saturated heterocycles. The average molecular weight is 379 g/mol.